The van der Waals surface area contributed by atoms with Crippen molar-refractivity contribution < 1.29 is 22.7 Å². The molecule has 0 bridgehead atoms. The first kappa shape index (κ1) is 22.8. The summed E-state index contributed by atoms with van der Waals surface area (Å²) < 4.78 is 30.6. The zero-order valence-electron chi connectivity index (χ0n) is 17.7. The zero-order chi connectivity index (χ0) is 23.6. The molecule has 0 saturated carbocycles. The molecular formula is C23H21N3O5S2. The number of hydrogen-bond donors (Lipinski definition) is 1. The summed E-state index contributed by atoms with van der Waals surface area (Å²) in [6, 6.07) is 17.9. The molecule has 4 rings (SSSR count). The number of carbonyl (C=O) groups is 2. The van der Waals surface area contributed by atoms with Crippen molar-refractivity contribution in [2.75, 3.05) is 6.61 Å². The van der Waals surface area contributed by atoms with Crippen LogP contribution < -0.4 is 9.94 Å². The number of nitrogens with two attached hydrogens (primary N) is 1. The van der Waals surface area contributed by atoms with Crippen LogP contribution in [0, 0.1) is 0 Å². The maximum absolute atomic E-state index is 12.8. The van der Waals surface area contributed by atoms with Gasteiger partial charge in [-0.25, -0.2) is 13.6 Å². The van der Waals surface area contributed by atoms with Gasteiger partial charge in [-0.2, -0.15) is 4.99 Å². The third kappa shape index (κ3) is 5.19. The normalized spacial score (nSPS) is 12.4. The van der Waals surface area contributed by atoms with Crippen LogP contribution in [0.5, 0.6) is 0 Å². The second kappa shape index (κ2) is 9.26. The summed E-state index contributed by atoms with van der Waals surface area (Å²) in [5, 5.41) is 7.34. The highest BCUT2D eigenvalue weighted by Gasteiger charge is 2.15. The molecule has 0 aliphatic rings. The zero-order valence-corrected chi connectivity index (χ0v) is 19.4. The van der Waals surface area contributed by atoms with Gasteiger partial charge in [-0.05, 0) is 41.5 Å². The molecule has 0 radical (unpaired) electrons. The highest BCUT2D eigenvalue weighted by molar-refractivity contribution is 7.89. The molecule has 0 unspecified atom stereocenters. The average molecular weight is 484 g/mol. The Hall–Kier alpha value is -3.34. The summed E-state index contributed by atoms with van der Waals surface area (Å²) in [4.78, 5) is 29.4. The largest absolute Gasteiger partial charge is 0.465 e. The van der Waals surface area contributed by atoms with Gasteiger partial charge in [0.15, 0.2) is 4.80 Å². The smallest absolute Gasteiger partial charge is 0.326 e. The molecule has 4 aromatic rings. The SMILES string of the molecule is CCOC(=O)Cn1c(=NC(=O)Cc2ccc3ccccc3c2)sc2cc(S(N)(=O)=O)ccc21. The minimum atomic E-state index is -3.90. The summed E-state index contributed by atoms with van der Waals surface area (Å²) in [5.41, 5.74) is 1.37. The van der Waals surface area contributed by atoms with Gasteiger partial charge in [0.25, 0.3) is 5.91 Å². The lowest BCUT2D eigenvalue weighted by molar-refractivity contribution is -0.143. The Morgan fingerprint density at radius 3 is 2.55 bits per heavy atom. The number of nitrogens with zero attached hydrogens (tertiary/aromatic N) is 2. The monoisotopic (exact) mass is 483 g/mol. The number of thiazole rings is 1. The van der Waals surface area contributed by atoms with Gasteiger partial charge in [0.05, 0.1) is 28.1 Å². The summed E-state index contributed by atoms with van der Waals surface area (Å²) in [6.07, 6.45) is 0.0842. The van der Waals surface area contributed by atoms with Gasteiger partial charge in [0, 0.05) is 0 Å². The molecule has 0 aliphatic carbocycles. The fraction of sp³-hybridized carbons (Fsp3) is 0.174. The molecule has 0 saturated heterocycles. The van der Waals surface area contributed by atoms with E-state index in [9.17, 15) is 18.0 Å². The second-order valence-electron chi connectivity index (χ2n) is 7.31. The van der Waals surface area contributed by atoms with Gasteiger partial charge in [-0.1, -0.05) is 53.8 Å². The molecule has 0 aliphatic heterocycles. The van der Waals surface area contributed by atoms with E-state index in [1.54, 1.807) is 11.5 Å². The first-order valence-electron chi connectivity index (χ1n) is 10.1. The molecule has 0 fully saturated rings. The van der Waals surface area contributed by atoms with Gasteiger partial charge < -0.3 is 9.30 Å². The molecule has 0 spiro atoms. The predicted octanol–water partition coefficient (Wildman–Crippen LogP) is 2.74. The van der Waals surface area contributed by atoms with Crippen molar-refractivity contribution in [2.45, 2.75) is 24.8 Å². The third-order valence-electron chi connectivity index (χ3n) is 4.96. The van der Waals surface area contributed by atoms with Gasteiger partial charge >= 0.3 is 5.97 Å². The number of aromatic nitrogens is 1. The highest BCUT2D eigenvalue weighted by atomic mass is 32.2. The molecular weight excluding hydrogens is 462 g/mol. The Balaban J connectivity index is 1.74. The van der Waals surface area contributed by atoms with Crippen LogP contribution in [-0.4, -0.2) is 31.5 Å². The number of fused-ring (bicyclic) bond motifs is 2. The number of ether oxygens (including phenoxy) is 1. The number of amides is 1. The van der Waals surface area contributed by atoms with Crippen LogP contribution >= 0.6 is 11.3 Å². The Morgan fingerprint density at radius 1 is 1.06 bits per heavy atom. The topological polar surface area (TPSA) is 121 Å². The molecule has 33 heavy (non-hydrogen) atoms. The maximum Gasteiger partial charge on any atom is 0.326 e. The van der Waals surface area contributed by atoms with Crippen LogP contribution in [0.4, 0.5) is 0 Å². The van der Waals surface area contributed by atoms with Gasteiger partial charge in [0.2, 0.25) is 10.0 Å². The van der Waals surface area contributed by atoms with E-state index in [0.29, 0.717) is 10.2 Å². The fourth-order valence-corrected chi connectivity index (χ4v) is 5.17. The van der Waals surface area contributed by atoms with Gasteiger partial charge in [-0.15, -0.1) is 0 Å². The number of hydrogen-bond acceptors (Lipinski definition) is 6. The van der Waals surface area contributed by atoms with Crippen molar-refractivity contribution in [3.8, 4) is 0 Å². The third-order valence-corrected chi connectivity index (χ3v) is 6.92. The van der Waals surface area contributed by atoms with Crippen LogP contribution in [0.2, 0.25) is 0 Å². The predicted molar refractivity (Wildman–Crippen MR) is 126 cm³/mol. The van der Waals surface area contributed by atoms with Crippen molar-refractivity contribution >= 4 is 54.2 Å². The first-order valence-corrected chi connectivity index (χ1v) is 12.5. The molecule has 2 N–H and O–H groups in total. The van der Waals surface area contributed by atoms with E-state index >= 15 is 0 Å². The van der Waals surface area contributed by atoms with Crippen LogP contribution in [0.1, 0.15) is 12.5 Å². The number of benzene rings is 3. The van der Waals surface area contributed by atoms with E-state index in [1.165, 1.54) is 18.2 Å². The average Bonchev–Trinajstić information content (AvgIpc) is 3.09. The van der Waals surface area contributed by atoms with Gasteiger partial charge in [0.1, 0.15) is 6.54 Å². The van der Waals surface area contributed by atoms with Crippen LogP contribution in [-0.2, 0) is 37.3 Å². The van der Waals surface area contributed by atoms with E-state index in [4.69, 9.17) is 9.88 Å². The lowest BCUT2D eigenvalue weighted by atomic mass is 10.1. The minimum Gasteiger partial charge on any atom is -0.465 e. The molecule has 1 aromatic heterocycles. The van der Waals surface area contributed by atoms with E-state index in [-0.39, 0.29) is 35.2 Å². The number of sulfonamides is 1. The van der Waals surface area contributed by atoms with E-state index in [1.807, 2.05) is 42.5 Å². The Morgan fingerprint density at radius 2 is 1.82 bits per heavy atom. The molecule has 1 heterocycles. The van der Waals surface area contributed by atoms with Gasteiger partial charge in [-0.3, -0.25) is 9.59 Å². The molecule has 10 heteroatoms. The van der Waals surface area contributed by atoms with E-state index in [0.717, 1.165) is 27.7 Å². The maximum atomic E-state index is 12.8. The standard InChI is InChI=1S/C23H21N3O5S2/c1-2-31-22(28)14-26-19-10-9-18(33(24,29)30)13-20(19)32-23(26)25-21(27)12-15-7-8-16-5-3-4-6-17(16)11-15/h3-11,13H,2,12,14H2,1H3,(H2,24,29,30). The quantitative estimate of drug-likeness (QED) is 0.423. The summed E-state index contributed by atoms with van der Waals surface area (Å²) >= 11 is 1.10. The van der Waals surface area contributed by atoms with Crippen LogP contribution in [0.25, 0.3) is 21.0 Å². The lowest BCUT2D eigenvalue weighted by Gasteiger charge is -2.06. The second-order valence-corrected chi connectivity index (χ2v) is 9.88. The molecule has 1 amide bonds. The molecule has 0 atom stereocenters. The summed E-state index contributed by atoms with van der Waals surface area (Å²) in [7, 11) is -3.90. The molecule has 3 aromatic carbocycles. The van der Waals surface area contributed by atoms with E-state index in [2.05, 4.69) is 4.99 Å². The van der Waals surface area contributed by atoms with Crippen molar-refractivity contribution in [3.05, 3.63) is 71.0 Å². The Bertz CT molecular complexity index is 1550. The van der Waals surface area contributed by atoms with Crippen molar-refractivity contribution in [3.63, 3.8) is 0 Å². The van der Waals surface area contributed by atoms with Crippen molar-refractivity contribution in [2.24, 2.45) is 10.1 Å². The number of carbonyl (C=O) groups excluding carboxylic acids is 2. The van der Waals surface area contributed by atoms with Crippen LogP contribution in [0.15, 0.2) is 70.6 Å². The number of primary sulfonamides is 1. The summed E-state index contributed by atoms with van der Waals surface area (Å²) in [6.45, 7) is 1.75. The molecule has 8 nitrogen and oxygen atoms in total. The van der Waals surface area contributed by atoms with Crippen LogP contribution in [0.3, 0.4) is 0 Å². The first-order chi connectivity index (χ1) is 15.7. The number of esters is 1. The minimum absolute atomic E-state index is 0.0615. The molecule has 170 valence electrons. The highest BCUT2D eigenvalue weighted by Crippen LogP contribution is 2.22. The summed E-state index contributed by atoms with van der Waals surface area (Å²) in [5.74, 6) is -0.878. The Kier molecular flexibility index (Phi) is 6.41. The fourth-order valence-electron chi connectivity index (χ4n) is 3.47. The van der Waals surface area contributed by atoms with E-state index < -0.39 is 16.0 Å². The van der Waals surface area contributed by atoms with Crippen molar-refractivity contribution in [1.82, 2.24) is 4.57 Å². The number of rotatable bonds is 6. The Labute approximate surface area is 194 Å². The lowest BCUT2D eigenvalue weighted by Crippen LogP contribution is -2.23. The van der Waals surface area contributed by atoms with Crippen molar-refractivity contribution in [1.29, 1.82) is 0 Å².